The van der Waals surface area contributed by atoms with Crippen LogP contribution in [0.2, 0.25) is 0 Å². The Kier molecular flexibility index (Phi) is 6.34. The van der Waals surface area contributed by atoms with Crippen molar-refractivity contribution in [3.8, 4) is 0 Å². The van der Waals surface area contributed by atoms with Crippen molar-refractivity contribution in [2.75, 3.05) is 5.32 Å². The summed E-state index contributed by atoms with van der Waals surface area (Å²) in [5, 5.41) is 2.90. The monoisotopic (exact) mass is 475 g/mol. The molecule has 0 saturated heterocycles. The van der Waals surface area contributed by atoms with Crippen molar-refractivity contribution in [3.63, 3.8) is 0 Å². The number of nitrogens with one attached hydrogen (secondary N) is 1. The van der Waals surface area contributed by atoms with E-state index < -0.39 is 0 Å². The van der Waals surface area contributed by atoms with Gasteiger partial charge in [0.1, 0.15) is 0 Å². The van der Waals surface area contributed by atoms with Gasteiger partial charge in [-0.25, -0.2) is 0 Å². The molecule has 0 aromatic heterocycles. The van der Waals surface area contributed by atoms with E-state index in [2.05, 4.69) is 49.3 Å². The molecule has 0 spiro atoms. The number of thioether (sulfide) groups is 1. The molecule has 3 aromatic rings. The van der Waals surface area contributed by atoms with Crippen molar-refractivity contribution in [1.29, 1.82) is 0 Å². The highest BCUT2D eigenvalue weighted by Crippen LogP contribution is 2.24. The number of benzene rings is 3. The van der Waals surface area contributed by atoms with E-state index in [4.69, 9.17) is 0 Å². The van der Waals surface area contributed by atoms with Crippen LogP contribution in [0, 0.1) is 0 Å². The molecule has 25 heavy (non-hydrogen) atoms. The van der Waals surface area contributed by atoms with Gasteiger partial charge in [0.15, 0.2) is 0 Å². The van der Waals surface area contributed by atoms with E-state index in [1.54, 1.807) is 11.8 Å². The number of halogens is 2. The summed E-state index contributed by atoms with van der Waals surface area (Å²) in [6.45, 7) is 0. The number of hydrogen-bond acceptors (Lipinski definition) is 2. The molecular formula is C20H15Br2NOS. The third-order valence-corrected chi connectivity index (χ3v) is 5.68. The lowest BCUT2D eigenvalue weighted by Gasteiger charge is -2.07. The smallest absolute Gasteiger partial charge is 0.255 e. The lowest BCUT2D eigenvalue weighted by atomic mass is 10.1. The summed E-state index contributed by atoms with van der Waals surface area (Å²) < 4.78 is 2.07. The van der Waals surface area contributed by atoms with Crippen LogP contribution < -0.4 is 5.32 Å². The fourth-order valence-corrected chi connectivity index (χ4v) is 3.57. The highest BCUT2D eigenvalue weighted by Gasteiger charge is 2.06. The average Bonchev–Trinajstić information content (AvgIpc) is 2.63. The first-order valence-electron chi connectivity index (χ1n) is 7.64. The number of carbonyl (C=O) groups is 1. The molecule has 0 saturated carbocycles. The number of carbonyl (C=O) groups excluding carboxylic acids is 1. The maximum absolute atomic E-state index is 12.3. The summed E-state index contributed by atoms with van der Waals surface area (Å²) in [5.74, 6) is 0.769. The molecule has 1 N–H and O–H groups in total. The SMILES string of the molecule is O=C(Nc1ccc(Br)cc1)c1ccc(CSc2ccc(Br)cc2)cc1. The van der Waals surface area contributed by atoms with Gasteiger partial charge in [-0.05, 0) is 66.2 Å². The van der Waals surface area contributed by atoms with Crippen LogP contribution in [0.5, 0.6) is 0 Å². The lowest BCUT2D eigenvalue weighted by molar-refractivity contribution is 0.102. The Bertz CT molecular complexity index is 846. The number of amides is 1. The summed E-state index contributed by atoms with van der Waals surface area (Å²) in [5.41, 5.74) is 2.62. The number of anilines is 1. The molecule has 5 heteroatoms. The first kappa shape index (κ1) is 18.2. The molecule has 0 fully saturated rings. The molecule has 2 nitrogen and oxygen atoms in total. The van der Waals surface area contributed by atoms with E-state index in [0.29, 0.717) is 5.56 Å². The molecule has 1 amide bonds. The van der Waals surface area contributed by atoms with Crippen LogP contribution in [-0.2, 0) is 5.75 Å². The third kappa shape index (κ3) is 5.46. The zero-order valence-electron chi connectivity index (χ0n) is 13.2. The predicted molar refractivity (Wildman–Crippen MR) is 112 cm³/mol. The van der Waals surface area contributed by atoms with Crippen molar-refractivity contribution in [2.45, 2.75) is 10.6 Å². The zero-order chi connectivity index (χ0) is 17.6. The molecule has 0 aliphatic rings. The first-order chi connectivity index (χ1) is 12.1. The van der Waals surface area contributed by atoms with Gasteiger partial charge in [-0.3, -0.25) is 4.79 Å². The summed E-state index contributed by atoms with van der Waals surface area (Å²) in [6, 6.07) is 23.5. The zero-order valence-corrected chi connectivity index (χ0v) is 17.2. The van der Waals surface area contributed by atoms with Crippen LogP contribution in [0.4, 0.5) is 5.69 Å². The van der Waals surface area contributed by atoms with E-state index in [9.17, 15) is 4.79 Å². The molecule has 126 valence electrons. The Morgan fingerprint density at radius 2 is 1.36 bits per heavy atom. The van der Waals surface area contributed by atoms with Crippen molar-refractivity contribution >= 4 is 55.2 Å². The Balaban J connectivity index is 1.58. The normalized spacial score (nSPS) is 10.5. The largest absolute Gasteiger partial charge is 0.322 e. The van der Waals surface area contributed by atoms with Crippen molar-refractivity contribution < 1.29 is 4.79 Å². The Morgan fingerprint density at radius 3 is 1.96 bits per heavy atom. The van der Waals surface area contributed by atoms with Gasteiger partial charge in [0.2, 0.25) is 0 Å². The van der Waals surface area contributed by atoms with Gasteiger partial charge in [0.25, 0.3) is 5.91 Å². The minimum Gasteiger partial charge on any atom is -0.322 e. The molecule has 0 atom stereocenters. The van der Waals surface area contributed by atoms with E-state index >= 15 is 0 Å². The lowest BCUT2D eigenvalue weighted by Crippen LogP contribution is -2.11. The van der Waals surface area contributed by atoms with Crippen molar-refractivity contribution in [3.05, 3.63) is 92.9 Å². The second kappa shape index (κ2) is 8.70. The van der Waals surface area contributed by atoms with Gasteiger partial charge in [-0.15, -0.1) is 11.8 Å². The van der Waals surface area contributed by atoms with Crippen molar-refractivity contribution in [1.82, 2.24) is 0 Å². The summed E-state index contributed by atoms with van der Waals surface area (Å²) in [6.07, 6.45) is 0. The number of rotatable bonds is 5. The van der Waals surface area contributed by atoms with Gasteiger partial charge in [-0.2, -0.15) is 0 Å². The molecule has 3 rings (SSSR count). The molecule has 0 bridgehead atoms. The quantitative estimate of drug-likeness (QED) is 0.412. The van der Waals surface area contributed by atoms with Gasteiger partial charge in [0.05, 0.1) is 0 Å². The van der Waals surface area contributed by atoms with E-state index in [1.807, 2.05) is 60.7 Å². The topological polar surface area (TPSA) is 29.1 Å². The third-order valence-electron chi connectivity index (χ3n) is 3.54. The summed E-state index contributed by atoms with van der Waals surface area (Å²) >= 11 is 8.60. The molecule has 0 unspecified atom stereocenters. The maximum atomic E-state index is 12.3. The Hall–Kier alpha value is -1.56. The number of hydrogen-bond donors (Lipinski definition) is 1. The van der Waals surface area contributed by atoms with Crippen molar-refractivity contribution in [2.24, 2.45) is 0 Å². The summed E-state index contributed by atoms with van der Waals surface area (Å²) in [7, 11) is 0. The fraction of sp³-hybridized carbons (Fsp3) is 0.0500. The molecule has 0 radical (unpaired) electrons. The van der Waals surface area contributed by atoms with Gasteiger partial charge in [-0.1, -0.05) is 44.0 Å². The first-order valence-corrected chi connectivity index (χ1v) is 10.2. The highest BCUT2D eigenvalue weighted by molar-refractivity contribution is 9.10. The summed E-state index contributed by atoms with van der Waals surface area (Å²) in [4.78, 5) is 13.5. The molecule has 0 aliphatic carbocycles. The molecule has 0 aliphatic heterocycles. The van der Waals surface area contributed by atoms with Gasteiger partial charge >= 0.3 is 0 Å². The minimum atomic E-state index is -0.102. The van der Waals surface area contributed by atoms with Crippen LogP contribution in [0.25, 0.3) is 0 Å². The van der Waals surface area contributed by atoms with Crippen LogP contribution in [0.1, 0.15) is 15.9 Å². The van der Waals surface area contributed by atoms with Crippen LogP contribution in [-0.4, -0.2) is 5.91 Å². The van der Waals surface area contributed by atoms with E-state index in [1.165, 1.54) is 10.5 Å². The van der Waals surface area contributed by atoms with Crippen LogP contribution in [0.15, 0.2) is 86.6 Å². The standard InChI is InChI=1S/C20H15Br2NOS/c21-16-5-9-18(10-6-16)23-20(24)15-3-1-14(2-4-15)13-25-19-11-7-17(22)8-12-19/h1-12H,13H2,(H,23,24). The highest BCUT2D eigenvalue weighted by atomic mass is 79.9. The van der Waals surface area contributed by atoms with Crippen LogP contribution in [0.3, 0.4) is 0 Å². The Morgan fingerprint density at radius 1 is 0.800 bits per heavy atom. The maximum Gasteiger partial charge on any atom is 0.255 e. The Labute approximate surface area is 168 Å². The second-order valence-corrected chi connectivity index (χ2v) is 8.28. The fourth-order valence-electron chi connectivity index (χ4n) is 2.19. The van der Waals surface area contributed by atoms with E-state index in [-0.39, 0.29) is 5.91 Å². The van der Waals surface area contributed by atoms with E-state index in [0.717, 1.165) is 20.4 Å². The molecule has 0 heterocycles. The minimum absolute atomic E-state index is 0.102. The van der Waals surface area contributed by atoms with Gasteiger partial charge in [0, 0.05) is 30.8 Å². The average molecular weight is 477 g/mol. The van der Waals surface area contributed by atoms with Crippen LogP contribution >= 0.6 is 43.6 Å². The second-order valence-electron chi connectivity index (χ2n) is 5.40. The molecular weight excluding hydrogens is 462 g/mol. The molecule has 3 aromatic carbocycles. The predicted octanol–water partition coefficient (Wildman–Crippen LogP) is 6.76. The van der Waals surface area contributed by atoms with Gasteiger partial charge < -0.3 is 5.32 Å².